The number of para-hydroxylation sites is 1. The van der Waals surface area contributed by atoms with E-state index < -0.39 is 40.4 Å². The molecule has 0 spiro atoms. The lowest BCUT2D eigenvalue weighted by Gasteiger charge is -2.34. The van der Waals surface area contributed by atoms with Crippen LogP contribution in [0.3, 0.4) is 0 Å². The molecule has 1 N–H and O–H groups in total. The van der Waals surface area contributed by atoms with Crippen molar-refractivity contribution in [3.05, 3.63) is 102 Å². The van der Waals surface area contributed by atoms with Crippen LogP contribution in [-0.4, -0.2) is 62.2 Å². The van der Waals surface area contributed by atoms with Crippen LogP contribution in [0.2, 0.25) is 0 Å². The van der Waals surface area contributed by atoms with Gasteiger partial charge in [0.25, 0.3) is 0 Å². The first-order chi connectivity index (χ1) is 18.5. The molecule has 1 atom stereocenters. The maximum absolute atomic E-state index is 14.8. The highest BCUT2D eigenvalue weighted by molar-refractivity contribution is 7.90. The van der Waals surface area contributed by atoms with Gasteiger partial charge in [0.2, 0.25) is 11.8 Å². The molecule has 2 amide bonds. The molecule has 3 rings (SSSR count). The molecule has 0 aromatic heterocycles. The van der Waals surface area contributed by atoms with Crippen LogP contribution in [-0.2, 0) is 32.8 Å². The zero-order valence-electron chi connectivity index (χ0n) is 22.6. The van der Waals surface area contributed by atoms with Crippen molar-refractivity contribution in [2.24, 2.45) is 0 Å². The fourth-order valence-corrected chi connectivity index (χ4v) is 5.11. The highest BCUT2D eigenvalue weighted by Crippen LogP contribution is 2.22. The number of carbonyl (C=O) groups excluding carboxylic acids is 2. The van der Waals surface area contributed by atoms with Gasteiger partial charge >= 0.3 is 10.2 Å². The summed E-state index contributed by atoms with van der Waals surface area (Å²) in [6.07, 6.45) is 0.158. The van der Waals surface area contributed by atoms with Crippen LogP contribution in [0.4, 0.5) is 10.1 Å². The van der Waals surface area contributed by atoms with Crippen molar-refractivity contribution in [3.8, 4) is 0 Å². The molecule has 39 heavy (non-hydrogen) atoms. The summed E-state index contributed by atoms with van der Waals surface area (Å²) >= 11 is 0. The number of rotatable bonds is 12. The Hall–Kier alpha value is -3.76. The van der Waals surface area contributed by atoms with E-state index in [-0.39, 0.29) is 30.3 Å². The van der Waals surface area contributed by atoms with Crippen LogP contribution in [0.1, 0.15) is 25.0 Å². The van der Waals surface area contributed by atoms with E-state index in [9.17, 15) is 22.4 Å². The maximum Gasteiger partial charge on any atom is 0.304 e. The minimum atomic E-state index is -4.08. The lowest BCUT2D eigenvalue weighted by atomic mass is 10.0. The molecule has 0 saturated heterocycles. The molecular formula is C29H35FN4O4S. The van der Waals surface area contributed by atoms with Crippen LogP contribution in [0.25, 0.3) is 0 Å². The number of benzene rings is 3. The van der Waals surface area contributed by atoms with Crippen LogP contribution >= 0.6 is 0 Å². The molecule has 0 heterocycles. The Labute approximate surface area is 230 Å². The van der Waals surface area contributed by atoms with Crippen LogP contribution in [0, 0.1) is 5.82 Å². The number of halogens is 1. The highest BCUT2D eigenvalue weighted by Gasteiger charge is 2.35. The minimum Gasteiger partial charge on any atom is -0.352 e. The van der Waals surface area contributed by atoms with Crippen LogP contribution in [0.15, 0.2) is 84.9 Å². The lowest BCUT2D eigenvalue weighted by molar-refractivity contribution is -0.140. The van der Waals surface area contributed by atoms with Gasteiger partial charge in [0.05, 0.1) is 5.69 Å². The van der Waals surface area contributed by atoms with Gasteiger partial charge in [0.15, 0.2) is 0 Å². The van der Waals surface area contributed by atoms with Gasteiger partial charge in [-0.3, -0.25) is 9.59 Å². The molecule has 3 aromatic carbocycles. The summed E-state index contributed by atoms with van der Waals surface area (Å²) in [6, 6.07) is 22.2. The van der Waals surface area contributed by atoms with Crippen LogP contribution in [0.5, 0.6) is 0 Å². The summed E-state index contributed by atoms with van der Waals surface area (Å²) in [4.78, 5) is 28.8. The number of hydrogen-bond acceptors (Lipinski definition) is 4. The smallest absolute Gasteiger partial charge is 0.304 e. The molecule has 10 heteroatoms. The Balaban J connectivity index is 2.09. The number of nitrogens with one attached hydrogen (secondary N) is 1. The quantitative estimate of drug-likeness (QED) is 0.371. The normalized spacial score (nSPS) is 12.3. The first kappa shape index (κ1) is 29.8. The second kappa shape index (κ2) is 13.3. The number of hydrogen-bond donors (Lipinski definition) is 1. The van der Waals surface area contributed by atoms with E-state index in [4.69, 9.17) is 0 Å². The first-order valence-electron chi connectivity index (χ1n) is 12.6. The second-order valence-corrected chi connectivity index (χ2v) is 11.7. The Kier molecular flexibility index (Phi) is 10.2. The molecule has 0 aliphatic heterocycles. The van der Waals surface area contributed by atoms with Gasteiger partial charge in [-0.1, -0.05) is 66.7 Å². The molecule has 0 fully saturated rings. The van der Waals surface area contributed by atoms with E-state index >= 15 is 0 Å². The topological polar surface area (TPSA) is 90.0 Å². The van der Waals surface area contributed by atoms with E-state index in [1.807, 2.05) is 30.3 Å². The van der Waals surface area contributed by atoms with E-state index in [1.165, 1.54) is 25.1 Å². The molecule has 8 nitrogen and oxygen atoms in total. The first-order valence-corrected chi connectivity index (χ1v) is 14.0. The Morgan fingerprint density at radius 1 is 0.872 bits per heavy atom. The second-order valence-electron chi connectivity index (χ2n) is 9.61. The zero-order chi connectivity index (χ0) is 28.6. The Morgan fingerprint density at radius 2 is 1.44 bits per heavy atom. The zero-order valence-corrected chi connectivity index (χ0v) is 23.4. The molecule has 3 aromatic rings. The summed E-state index contributed by atoms with van der Waals surface area (Å²) in [6.45, 7) is 2.81. The van der Waals surface area contributed by atoms with Gasteiger partial charge < -0.3 is 10.2 Å². The van der Waals surface area contributed by atoms with Gasteiger partial charge in [-0.2, -0.15) is 12.7 Å². The Bertz CT molecular complexity index is 1350. The van der Waals surface area contributed by atoms with Crippen LogP contribution < -0.4 is 9.62 Å². The van der Waals surface area contributed by atoms with Gasteiger partial charge in [0.1, 0.15) is 18.4 Å². The third-order valence-electron chi connectivity index (χ3n) is 6.06. The monoisotopic (exact) mass is 554 g/mol. The summed E-state index contributed by atoms with van der Waals surface area (Å²) in [7, 11) is -1.33. The number of anilines is 1. The summed E-state index contributed by atoms with van der Waals surface area (Å²) in [5.41, 5.74) is 1.30. The van der Waals surface area contributed by atoms with E-state index in [1.54, 1.807) is 62.4 Å². The van der Waals surface area contributed by atoms with Crippen molar-refractivity contribution >= 4 is 27.7 Å². The SMILES string of the molecule is CC(C)NC(=O)[C@H](Cc1ccccc1)N(Cc1ccccc1F)C(=O)CN(c1ccccc1)S(=O)(=O)N(C)C. The average Bonchev–Trinajstić information content (AvgIpc) is 2.90. The highest BCUT2D eigenvalue weighted by atomic mass is 32.2. The van der Waals surface area contributed by atoms with Crippen molar-refractivity contribution in [1.82, 2.24) is 14.5 Å². The van der Waals surface area contributed by atoms with Crippen molar-refractivity contribution in [3.63, 3.8) is 0 Å². The summed E-state index contributed by atoms with van der Waals surface area (Å²) < 4.78 is 43.4. The van der Waals surface area contributed by atoms with E-state index in [0.29, 0.717) is 0 Å². The molecule has 208 valence electrons. The summed E-state index contributed by atoms with van der Waals surface area (Å²) in [5, 5.41) is 2.87. The average molecular weight is 555 g/mol. The predicted molar refractivity (Wildman–Crippen MR) is 151 cm³/mol. The molecule has 0 radical (unpaired) electrons. The van der Waals surface area contributed by atoms with Crippen molar-refractivity contribution in [2.75, 3.05) is 24.9 Å². The van der Waals surface area contributed by atoms with Gasteiger partial charge in [-0.05, 0) is 37.6 Å². The summed E-state index contributed by atoms with van der Waals surface area (Å²) in [5.74, 6) is -1.59. The van der Waals surface area contributed by atoms with E-state index in [0.717, 1.165) is 14.2 Å². The molecule has 0 unspecified atom stereocenters. The largest absolute Gasteiger partial charge is 0.352 e. The van der Waals surface area contributed by atoms with Crippen molar-refractivity contribution in [2.45, 2.75) is 38.9 Å². The fourth-order valence-electron chi connectivity index (χ4n) is 4.06. The van der Waals surface area contributed by atoms with E-state index in [2.05, 4.69) is 5.32 Å². The predicted octanol–water partition coefficient (Wildman–Crippen LogP) is 3.60. The molecule has 0 saturated carbocycles. The van der Waals surface area contributed by atoms with Gasteiger partial charge in [-0.15, -0.1) is 0 Å². The molecule has 0 aliphatic rings. The lowest BCUT2D eigenvalue weighted by Crippen LogP contribution is -2.55. The third kappa shape index (κ3) is 7.87. The third-order valence-corrected chi connectivity index (χ3v) is 7.88. The minimum absolute atomic E-state index is 0.158. The van der Waals surface area contributed by atoms with Crippen molar-refractivity contribution < 1.29 is 22.4 Å². The maximum atomic E-state index is 14.8. The fraction of sp³-hybridized carbons (Fsp3) is 0.310. The standard InChI is InChI=1S/C29H35FN4O4S/c1-22(2)31-29(36)27(19-23-13-7-5-8-14-23)33(20-24-15-11-12-18-26(24)30)28(35)21-34(39(37,38)32(3)4)25-16-9-6-10-17-25/h5-18,22,27H,19-21H2,1-4H3,(H,31,36)/t27-/m0/s1. The van der Waals surface area contributed by atoms with Crippen molar-refractivity contribution in [1.29, 1.82) is 0 Å². The number of nitrogens with zero attached hydrogens (tertiary/aromatic N) is 3. The molecule has 0 aliphatic carbocycles. The Morgan fingerprint density at radius 3 is 2.00 bits per heavy atom. The molecular weight excluding hydrogens is 519 g/mol. The van der Waals surface area contributed by atoms with Gasteiger partial charge in [0, 0.05) is 38.7 Å². The number of carbonyl (C=O) groups is 2. The van der Waals surface area contributed by atoms with Gasteiger partial charge in [-0.25, -0.2) is 8.70 Å². The number of amides is 2. The molecule has 0 bridgehead atoms.